The van der Waals surface area contributed by atoms with Crippen LogP contribution in [0.2, 0.25) is 0 Å². The Balaban J connectivity index is 1.56. The van der Waals surface area contributed by atoms with Crippen molar-refractivity contribution in [3.8, 4) is 11.6 Å². The molecule has 210 valence electrons. The lowest BCUT2D eigenvalue weighted by atomic mass is 9.92. The van der Waals surface area contributed by atoms with Crippen LogP contribution in [0.5, 0.6) is 11.6 Å². The Bertz CT molecular complexity index is 1240. The zero-order valence-corrected chi connectivity index (χ0v) is 22.7. The molecule has 9 nitrogen and oxygen atoms in total. The molecule has 1 aliphatic carbocycles. The average molecular weight is 539 g/mol. The summed E-state index contributed by atoms with van der Waals surface area (Å²) in [4.78, 5) is 6.78. The first-order valence-electron chi connectivity index (χ1n) is 12.8. The number of aliphatic hydroxyl groups excluding tert-OH is 1. The Kier molecular flexibility index (Phi) is 7.85. The fourth-order valence-corrected chi connectivity index (χ4v) is 4.96. The van der Waals surface area contributed by atoms with E-state index in [1.807, 2.05) is 36.9 Å². The summed E-state index contributed by atoms with van der Waals surface area (Å²) in [6.45, 7) is 5.79. The van der Waals surface area contributed by atoms with Gasteiger partial charge in [0, 0.05) is 50.4 Å². The molecule has 0 aliphatic heterocycles. The topological polar surface area (TPSA) is 89.6 Å². The molecule has 1 saturated carbocycles. The summed E-state index contributed by atoms with van der Waals surface area (Å²) in [7, 11) is 5.37. The van der Waals surface area contributed by atoms with Gasteiger partial charge in [-0.05, 0) is 46.5 Å². The number of ether oxygens (including phenoxy) is 2. The molecule has 0 spiro atoms. The van der Waals surface area contributed by atoms with Crippen LogP contribution >= 0.6 is 0 Å². The third-order valence-corrected chi connectivity index (χ3v) is 6.91. The van der Waals surface area contributed by atoms with E-state index in [2.05, 4.69) is 41.1 Å². The quantitative estimate of drug-likeness (QED) is 0.438. The van der Waals surface area contributed by atoms with Crippen LogP contribution < -0.4 is 19.7 Å². The number of rotatable bonds is 8. The minimum atomic E-state index is -4.61. The molecule has 0 amide bonds. The summed E-state index contributed by atoms with van der Waals surface area (Å²) in [5.41, 5.74) is 2.22. The number of aliphatic hydroxyl groups is 1. The van der Waals surface area contributed by atoms with E-state index in [4.69, 9.17) is 9.47 Å². The van der Waals surface area contributed by atoms with Crippen molar-refractivity contribution in [1.82, 2.24) is 24.6 Å². The van der Waals surface area contributed by atoms with Crippen LogP contribution in [0.15, 0.2) is 24.5 Å². The van der Waals surface area contributed by atoms with Crippen LogP contribution in [0.25, 0.3) is 11.0 Å². The number of anilines is 2. The number of nitrogens with one attached hydrogen (secondary N) is 1. The largest absolute Gasteiger partial charge is 0.490 e. The number of imidazole rings is 1. The molecule has 4 rings (SSSR count). The molecule has 0 bridgehead atoms. The van der Waals surface area contributed by atoms with Crippen molar-refractivity contribution < 1.29 is 27.8 Å². The molecular formula is C26H37F3N6O3. The predicted octanol–water partition coefficient (Wildman–Crippen LogP) is 4.45. The fourth-order valence-electron chi connectivity index (χ4n) is 4.96. The number of methoxy groups -OCH3 is 1. The summed E-state index contributed by atoms with van der Waals surface area (Å²) < 4.78 is 53.3. The van der Waals surface area contributed by atoms with Crippen LogP contribution in [0, 0.1) is 0 Å². The number of fused-ring (bicyclic) bond motifs is 1. The van der Waals surface area contributed by atoms with Crippen molar-refractivity contribution in [2.24, 2.45) is 14.1 Å². The zero-order valence-electron chi connectivity index (χ0n) is 22.7. The molecule has 2 N–H and O–H groups in total. The van der Waals surface area contributed by atoms with Gasteiger partial charge in [-0.2, -0.15) is 18.3 Å². The maximum atomic E-state index is 12.6. The summed E-state index contributed by atoms with van der Waals surface area (Å²) in [6.07, 6.45) is -2.56. The van der Waals surface area contributed by atoms with Gasteiger partial charge in [0.2, 0.25) is 5.88 Å². The molecule has 0 unspecified atom stereocenters. The van der Waals surface area contributed by atoms with Gasteiger partial charge in [0.15, 0.2) is 11.9 Å². The molecule has 2 aromatic heterocycles. The van der Waals surface area contributed by atoms with Gasteiger partial charge in [0.1, 0.15) is 11.3 Å². The van der Waals surface area contributed by atoms with Crippen LogP contribution in [0.3, 0.4) is 0 Å². The van der Waals surface area contributed by atoms with Crippen molar-refractivity contribution in [3.05, 3.63) is 24.5 Å². The van der Waals surface area contributed by atoms with Crippen molar-refractivity contribution in [2.45, 2.75) is 76.4 Å². The van der Waals surface area contributed by atoms with E-state index in [9.17, 15) is 18.3 Å². The van der Waals surface area contributed by atoms with Crippen molar-refractivity contribution >= 4 is 22.5 Å². The third kappa shape index (κ3) is 6.01. The van der Waals surface area contributed by atoms with Crippen LogP contribution in [-0.4, -0.2) is 68.1 Å². The number of halogens is 3. The molecule has 1 aromatic carbocycles. The number of hydrogen-bond donors (Lipinski definition) is 2. The van der Waals surface area contributed by atoms with Crippen molar-refractivity contribution in [2.75, 3.05) is 18.6 Å². The maximum Gasteiger partial charge on any atom is 0.415 e. The maximum absolute atomic E-state index is 12.6. The van der Waals surface area contributed by atoms with E-state index in [0.29, 0.717) is 43.1 Å². The highest BCUT2D eigenvalue weighted by molar-refractivity contribution is 5.93. The summed E-state index contributed by atoms with van der Waals surface area (Å²) in [5, 5.41) is 16.8. The van der Waals surface area contributed by atoms with E-state index in [-0.39, 0.29) is 17.7 Å². The fraction of sp³-hybridized carbons (Fsp3) is 0.615. The molecule has 3 aromatic rings. The normalized spacial score (nSPS) is 19.5. The van der Waals surface area contributed by atoms with Gasteiger partial charge in [-0.3, -0.25) is 0 Å². The van der Waals surface area contributed by atoms with Gasteiger partial charge >= 0.3 is 6.18 Å². The van der Waals surface area contributed by atoms with E-state index in [1.165, 1.54) is 0 Å². The minimum Gasteiger partial charge on any atom is -0.490 e. The molecule has 1 aliphatic rings. The standard InChI is InChI=1S/C26H37F3N6O3/c1-25(2,3)35(22-13-23(37-6)34(5)32-22)20-12-18(11-19-24(20)31-15-33(19)4)38-17-9-7-16(8-10-17)30-14-21(36)26(27,28)29/h11-13,15-17,21,30,36H,7-10,14H2,1-6H3/t16?,17?,21-/m1/s1. The SMILES string of the molecule is COc1cc(N(c2cc(OC3CCC(NC[C@@H](O)C(F)(F)F)CC3)cc3c2ncn3C)C(C)(C)C)nn1C. The second kappa shape index (κ2) is 10.6. The Hall–Kier alpha value is -2.99. The lowest BCUT2D eigenvalue weighted by Gasteiger charge is -2.36. The van der Waals surface area contributed by atoms with E-state index >= 15 is 0 Å². The molecule has 38 heavy (non-hydrogen) atoms. The third-order valence-electron chi connectivity index (χ3n) is 6.91. The smallest absolute Gasteiger partial charge is 0.415 e. The summed E-state index contributed by atoms with van der Waals surface area (Å²) in [5.74, 6) is 2.04. The van der Waals surface area contributed by atoms with Gasteiger partial charge in [-0.15, -0.1) is 0 Å². The van der Waals surface area contributed by atoms with Gasteiger partial charge in [0.25, 0.3) is 0 Å². The van der Waals surface area contributed by atoms with E-state index in [0.717, 1.165) is 16.7 Å². The zero-order chi connectivity index (χ0) is 27.8. The van der Waals surface area contributed by atoms with Crippen molar-refractivity contribution in [1.29, 1.82) is 0 Å². The lowest BCUT2D eigenvalue weighted by Crippen LogP contribution is -2.44. The monoisotopic (exact) mass is 538 g/mol. The second-order valence-corrected chi connectivity index (χ2v) is 10.9. The van der Waals surface area contributed by atoms with Crippen LogP contribution in [-0.2, 0) is 14.1 Å². The number of benzene rings is 1. The number of aryl methyl sites for hydroxylation is 2. The Labute approximate surface area is 220 Å². The Morgan fingerprint density at radius 3 is 2.39 bits per heavy atom. The van der Waals surface area contributed by atoms with Crippen LogP contribution in [0.4, 0.5) is 24.7 Å². The molecule has 2 heterocycles. The average Bonchev–Trinajstić information content (AvgIpc) is 3.39. The Morgan fingerprint density at radius 2 is 1.82 bits per heavy atom. The lowest BCUT2D eigenvalue weighted by molar-refractivity contribution is -0.202. The van der Waals surface area contributed by atoms with E-state index < -0.39 is 18.8 Å². The van der Waals surface area contributed by atoms with Gasteiger partial charge in [-0.1, -0.05) is 0 Å². The van der Waals surface area contributed by atoms with Crippen molar-refractivity contribution in [3.63, 3.8) is 0 Å². The highest BCUT2D eigenvalue weighted by Gasteiger charge is 2.38. The first-order valence-corrected chi connectivity index (χ1v) is 12.8. The molecule has 12 heteroatoms. The van der Waals surface area contributed by atoms with Gasteiger partial charge in [0.05, 0.1) is 30.7 Å². The predicted molar refractivity (Wildman–Crippen MR) is 139 cm³/mol. The number of nitrogens with zero attached hydrogens (tertiary/aromatic N) is 5. The molecule has 0 saturated heterocycles. The number of aromatic nitrogens is 4. The van der Waals surface area contributed by atoms with Gasteiger partial charge < -0.3 is 29.4 Å². The Morgan fingerprint density at radius 1 is 1.13 bits per heavy atom. The number of hydrogen-bond acceptors (Lipinski definition) is 7. The molecule has 1 fully saturated rings. The first kappa shape index (κ1) is 28.0. The first-order chi connectivity index (χ1) is 17.8. The van der Waals surface area contributed by atoms with E-state index in [1.54, 1.807) is 18.1 Å². The molecular weight excluding hydrogens is 501 g/mol. The number of alkyl halides is 3. The summed E-state index contributed by atoms with van der Waals surface area (Å²) in [6, 6.07) is 5.75. The minimum absolute atomic E-state index is 0.0721. The second-order valence-electron chi connectivity index (χ2n) is 10.9. The van der Waals surface area contributed by atoms with Gasteiger partial charge in [-0.25, -0.2) is 9.67 Å². The highest BCUT2D eigenvalue weighted by atomic mass is 19.4. The molecule has 1 atom stereocenters. The summed E-state index contributed by atoms with van der Waals surface area (Å²) >= 11 is 0. The van der Waals surface area contributed by atoms with Crippen LogP contribution in [0.1, 0.15) is 46.5 Å². The highest BCUT2D eigenvalue weighted by Crippen LogP contribution is 2.40. The molecule has 0 radical (unpaired) electrons.